The van der Waals surface area contributed by atoms with Crippen molar-refractivity contribution in [2.75, 3.05) is 46.0 Å². The van der Waals surface area contributed by atoms with Crippen LogP contribution in [-0.4, -0.2) is 61.7 Å². The van der Waals surface area contributed by atoms with E-state index in [-0.39, 0.29) is 5.91 Å². The second-order valence-electron chi connectivity index (χ2n) is 7.61. The third kappa shape index (κ3) is 4.94. The molecular weight excluding hydrogens is 356 g/mol. The Bertz CT molecular complexity index is 738. The zero-order valence-corrected chi connectivity index (χ0v) is 16.2. The second-order valence-corrected chi connectivity index (χ2v) is 7.61. The normalized spacial score (nSPS) is 20.9. The predicted molar refractivity (Wildman–Crippen MR) is 105 cm³/mol. The standard InChI is InChI=1S/C22H28N2O4/c25-22(20-7-11-27-17-20)24-8-1-2-19(15-24)16-28-21-5-3-18(4-6-21)14-23-9-12-26-13-10-23/h3-7,11,17,19H,1-2,8-10,12-16H2. The van der Waals surface area contributed by atoms with Crippen molar-refractivity contribution < 1.29 is 18.7 Å². The van der Waals surface area contributed by atoms with Crippen LogP contribution in [0.3, 0.4) is 0 Å². The summed E-state index contributed by atoms with van der Waals surface area (Å²) in [6.07, 6.45) is 5.15. The van der Waals surface area contributed by atoms with Crippen molar-refractivity contribution in [1.29, 1.82) is 0 Å². The second kappa shape index (κ2) is 9.26. The third-order valence-electron chi connectivity index (χ3n) is 5.49. The Morgan fingerprint density at radius 1 is 1.11 bits per heavy atom. The lowest BCUT2D eigenvalue weighted by atomic mass is 9.98. The molecule has 1 amide bonds. The molecule has 2 fully saturated rings. The minimum absolute atomic E-state index is 0.0471. The molecule has 1 atom stereocenters. The number of likely N-dealkylation sites (tertiary alicyclic amines) is 1. The first kappa shape index (κ1) is 19.0. The largest absolute Gasteiger partial charge is 0.493 e. The fourth-order valence-corrected chi connectivity index (χ4v) is 3.88. The van der Waals surface area contributed by atoms with Gasteiger partial charge in [0, 0.05) is 38.6 Å². The summed E-state index contributed by atoms with van der Waals surface area (Å²) in [7, 11) is 0. The highest BCUT2D eigenvalue weighted by Crippen LogP contribution is 2.21. The molecule has 0 bridgehead atoms. The Balaban J connectivity index is 1.25. The van der Waals surface area contributed by atoms with E-state index in [4.69, 9.17) is 13.9 Å². The van der Waals surface area contributed by atoms with Crippen molar-refractivity contribution in [3.8, 4) is 5.75 Å². The van der Waals surface area contributed by atoms with Gasteiger partial charge in [0.25, 0.3) is 5.91 Å². The zero-order chi connectivity index (χ0) is 19.2. The molecule has 1 aromatic heterocycles. The number of hydrogen-bond acceptors (Lipinski definition) is 5. The van der Waals surface area contributed by atoms with Crippen LogP contribution in [-0.2, 0) is 11.3 Å². The van der Waals surface area contributed by atoms with E-state index in [2.05, 4.69) is 17.0 Å². The number of furan rings is 1. The summed E-state index contributed by atoms with van der Waals surface area (Å²) < 4.78 is 16.5. The number of rotatable bonds is 6. The van der Waals surface area contributed by atoms with Crippen molar-refractivity contribution in [3.05, 3.63) is 54.0 Å². The first-order valence-corrected chi connectivity index (χ1v) is 10.1. The van der Waals surface area contributed by atoms with Gasteiger partial charge in [0.05, 0.1) is 31.6 Å². The van der Waals surface area contributed by atoms with Crippen LogP contribution in [0.1, 0.15) is 28.8 Å². The average Bonchev–Trinajstić information content (AvgIpc) is 3.29. The number of carbonyl (C=O) groups is 1. The Labute approximate surface area is 166 Å². The highest BCUT2D eigenvalue weighted by Gasteiger charge is 2.25. The van der Waals surface area contributed by atoms with Crippen LogP contribution >= 0.6 is 0 Å². The molecule has 0 spiro atoms. The van der Waals surface area contributed by atoms with Gasteiger partial charge in [-0.05, 0) is 36.6 Å². The van der Waals surface area contributed by atoms with Gasteiger partial charge in [0.15, 0.2) is 0 Å². The number of morpholine rings is 1. The molecule has 28 heavy (non-hydrogen) atoms. The fourth-order valence-electron chi connectivity index (χ4n) is 3.88. The summed E-state index contributed by atoms with van der Waals surface area (Å²) in [4.78, 5) is 16.8. The van der Waals surface area contributed by atoms with Crippen molar-refractivity contribution in [2.24, 2.45) is 5.92 Å². The van der Waals surface area contributed by atoms with Gasteiger partial charge in [-0.25, -0.2) is 0 Å². The molecule has 1 aromatic carbocycles. The van der Waals surface area contributed by atoms with E-state index >= 15 is 0 Å². The molecule has 0 radical (unpaired) electrons. The summed E-state index contributed by atoms with van der Waals surface area (Å²) in [6, 6.07) is 10.1. The highest BCUT2D eigenvalue weighted by molar-refractivity contribution is 5.93. The number of carbonyl (C=O) groups excluding carboxylic acids is 1. The maximum absolute atomic E-state index is 12.5. The lowest BCUT2D eigenvalue weighted by molar-refractivity contribution is 0.0342. The van der Waals surface area contributed by atoms with E-state index < -0.39 is 0 Å². The third-order valence-corrected chi connectivity index (χ3v) is 5.49. The van der Waals surface area contributed by atoms with Gasteiger partial charge in [-0.2, -0.15) is 0 Å². The topological polar surface area (TPSA) is 55.2 Å². The van der Waals surface area contributed by atoms with Crippen molar-refractivity contribution >= 4 is 5.91 Å². The molecule has 2 aliphatic heterocycles. The number of nitrogens with zero attached hydrogens (tertiary/aromatic N) is 2. The van der Waals surface area contributed by atoms with E-state index in [1.807, 2.05) is 17.0 Å². The van der Waals surface area contributed by atoms with E-state index in [0.717, 1.165) is 64.5 Å². The van der Waals surface area contributed by atoms with Gasteiger partial charge < -0.3 is 18.8 Å². The van der Waals surface area contributed by atoms with E-state index in [1.165, 1.54) is 11.8 Å². The minimum Gasteiger partial charge on any atom is -0.493 e. The molecular formula is C22H28N2O4. The van der Waals surface area contributed by atoms with Crippen LogP contribution < -0.4 is 4.74 Å². The van der Waals surface area contributed by atoms with E-state index in [1.54, 1.807) is 12.3 Å². The summed E-state index contributed by atoms with van der Waals surface area (Å²) in [5.41, 5.74) is 1.92. The SMILES string of the molecule is O=C(c1ccoc1)N1CCCC(COc2ccc(CN3CCOCC3)cc2)C1. The molecule has 0 aliphatic carbocycles. The molecule has 2 saturated heterocycles. The lowest BCUT2D eigenvalue weighted by Crippen LogP contribution is -2.41. The molecule has 150 valence electrons. The number of hydrogen-bond donors (Lipinski definition) is 0. The molecule has 2 aromatic rings. The number of benzene rings is 1. The van der Waals surface area contributed by atoms with E-state index in [9.17, 15) is 4.79 Å². The maximum atomic E-state index is 12.5. The molecule has 2 aliphatic rings. The van der Waals surface area contributed by atoms with Crippen molar-refractivity contribution in [1.82, 2.24) is 9.80 Å². The number of piperidine rings is 1. The Hall–Kier alpha value is -2.31. The van der Waals surface area contributed by atoms with Crippen molar-refractivity contribution in [3.63, 3.8) is 0 Å². The average molecular weight is 384 g/mol. The lowest BCUT2D eigenvalue weighted by Gasteiger charge is -2.32. The van der Waals surface area contributed by atoms with Crippen LogP contribution in [0, 0.1) is 5.92 Å². The van der Waals surface area contributed by atoms with Gasteiger partial charge in [-0.15, -0.1) is 0 Å². The van der Waals surface area contributed by atoms with Crippen LogP contribution in [0.15, 0.2) is 47.3 Å². The van der Waals surface area contributed by atoms with Gasteiger partial charge in [-0.1, -0.05) is 12.1 Å². The van der Waals surface area contributed by atoms with Gasteiger partial charge in [0.1, 0.15) is 12.0 Å². The summed E-state index contributed by atoms with van der Waals surface area (Å²) in [5, 5.41) is 0. The maximum Gasteiger partial charge on any atom is 0.257 e. The van der Waals surface area contributed by atoms with Crippen LogP contribution in [0.4, 0.5) is 0 Å². The summed E-state index contributed by atoms with van der Waals surface area (Å²) in [6.45, 7) is 6.76. The van der Waals surface area contributed by atoms with Gasteiger partial charge in [0.2, 0.25) is 0 Å². The summed E-state index contributed by atoms with van der Waals surface area (Å²) in [5.74, 6) is 1.30. The van der Waals surface area contributed by atoms with Crippen LogP contribution in [0.25, 0.3) is 0 Å². The van der Waals surface area contributed by atoms with Crippen LogP contribution in [0.5, 0.6) is 5.75 Å². The number of ether oxygens (including phenoxy) is 2. The van der Waals surface area contributed by atoms with Crippen LogP contribution in [0.2, 0.25) is 0 Å². The molecule has 1 unspecified atom stereocenters. The minimum atomic E-state index is 0.0471. The molecule has 3 heterocycles. The van der Waals surface area contributed by atoms with Gasteiger partial charge in [-0.3, -0.25) is 9.69 Å². The van der Waals surface area contributed by atoms with E-state index in [0.29, 0.717) is 18.1 Å². The number of amides is 1. The quantitative estimate of drug-likeness (QED) is 0.766. The molecule has 0 N–H and O–H groups in total. The monoisotopic (exact) mass is 384 g/mol. The van der Waals surface area contributed by atoms with Gasteiger partial charge >= 0.3 is 0 Å². The summed E-state index contributed by atoms with van der Waals surface area (Å²) >= 11 is 0. The van der Waals surface area contributed by atoms with Crippen molar-refractivity contribution in [2.45, 2.75) is 19.4 Å². The molecule has 4 rings (SSSR count). The first-order chi connectivity index (χ1) is 13.8. The fraction of sp³-hybridized carbons (Fsp3) is 0.500. The predicted octanol–water partition coefficient (Wildman–Crippen LogP) is 3.04. The molecule has 6 nitrogen and oxygen atoms in total. The highest BCUT2D eigenvalue weighted by atomic mass is 16.5. The Kier molecular flexibility index (Phi) is 6.29. The smallest absolute Gasteiger partial charge is 0.257 e. The first-order valence-electron chi connectivity index (χ1n) is 10.1. The zero-order valence-electron chi connectivity index (χ0n) is 16.2. The Morgan fingerprint density at radius 2 is 1.93 bits per heavy atom. The molecule has 0 saturated carbocycles. The Morgan fingerprint density at radius 3 is 2.68 bits per heavy atom. The molecule has 6 heteroatoms.